The van der Waals surface area contributed by atoms with Gasteiger partial charge in [-0.2, -0.15) is 0 Å². The molecule has 16 heavy (non-hydrogen) atoms. The zero-order valence-electron chi connectivity index (χ0n) is 10.4. The molecule has 1 aliphatic rings. The molecule has 0 saturated heterocycles. The van der Waals surface area contributed by atoms with Crippen molar-refractivity contribution in [1.82, 2.24) is 0 Å². The van der Waals surface area contributed by atoms with Crippen molar-refractivity contribution < 1.29 is 14.6 Å². The van der Waals surface area contributed by atoms with Gasteiger partial charge < -0.3 is 14.6 Å². The van der Waals surface area contributed by atoms with Crippen molar-refractivity contribution in [3.05, 3.63) is 22.3 Å². The summed E-state index contributed by atoms with van der Waals surface area (Å²) in [6.07, 6.45) is -0.270. The summed E-state index contributed by atoms with van der Waals surface area (Å²) in [6.45, 7) is 9.65. The summed E-state index contributed by atoms with van der Waals surface area (Å²) in [4.78, 5) is 0. The third-order valence-corrected chi connectivity index (χ3v) is 3.35. The lowest BCUT2D eigenvalue weighted by Gasteiger charge is -2.32. The van der Waals surface area contributed by atoms with Gasteiger partial charge in [0.15, 0.2) is 6.29 Å². The summed E-state index contributed by atoms with van der Waals surface area (Å²) in [5, 5.41) is 10.0. The molecule has 0 fully saturated rings. The topological polar surface area (TPSA) is 38.7 Å². The Hall–Kier alpha value is -1.22. The molecule has 2 rings (SSSR count). The summed E-state index contributed by atoms with van der Waals surface area (Å²) in [5.41, 5.74) is 3.72. The van der Waals surface area contributed by atoms with Crippen LogP contribution in [0.25, 0.3) is 0 Å². The molecule has 1 heterocycles. The standard InChI is InChI=1S/C13H18O3/c1-6-7(2)13-11(8(3)12(6)14)9(4)15-10(5)16-13/h9-10,14H,1-5H3/t9-,10+/m0/s1. The second-order valence-corrected chi connectivity index (χ2v) is 4.43. The summed E-state index contributed by atoms with van der Waals surface area (Å²) in [5.74, 6) is 1.23. The number of aromatic hydroxyl groups is 1. The van der Waals surface area contributed by atoms with Crippen LogP contribution in [-0.4, -0.2) is 11.4 Å². The molecule has 1 aromatic carbocycles. The number of fused-ring (bicyclic) bond motifs is 1. The second kappa shape index (κ2) is 3.67. The first-order valence-electron chi connectivity index (χ1n) is 5.58. The van der Waals surface area contributed by atoms with Gasteiger partial charge in [0, 0.05) is 11.1 Å². The lowest BCUT2D eigenvalue weighted by atomic mass is 9.94. The zero-order chi connectivity index (χ0) is 12.0. The predicted octanol–water partition coefficient (Wildman–Crippen LogP) is 3.13. The van der Waals surface area contributed by atoms with Crippen molar-refractivity contribution in [3.8, 4) is 11.5 Å². The van der Waals surface area contributed by atoms with Crippen LogP contribution in [0.3, 0.4) is 0 Å². The van der Waals surface area contributed by atoms with Gasteiger partial charge in [-0.1, -0.05) is 0 Å². The van der Waals surface area contributed by atoms with Gasteiger partial charge in [0.25, 0.3) is 0 Å². The molecular weight excluding hydrogens is 204 g/mol. The van der Waals surface area contributed by atoms with Crippen molar-refractivity contribution in [2.75, 3.05) is 0 Å². The molecule has 1 aliphatic heterocycles. The van der Waals surface area contributed by atoms with Gasteiger partial charge in [0.05, 0.1) is 6.10 Å². The third kappa shape index (κ3) is 1.47. The monoisotopic (exact) mass is 222 g/mol. The minimum atomic E-state index is -0.232. The molecule has 1 aromatic rings. The van der Waals surface area contributed by atoms with E-state index in [1.54, 1.807) is 0 Å². The van der Waals surface area contributed by atoms with E-state index in [9.17, 15) is 5.11 Å². The highest BCUT2D eigenvalue weighted by Gasteiger charge is 2.29. The maximum atomic E-state index is 10.0. The van der Waals surface area contributed by atoms with Crippen LogP contribution in [0.4, 0.5) is 0 Å². The van der Waals surface area contributed by atoms with E-state index in [2.05, 4.69) is 0 Å². The van der Waals surface area contributed by atoms with Gasteiger partial charge in [-0.25, -0.2) is 0 Å². The lowest BCUT2D eigenvalue weighted by Crippen LogP contribution is -2.26. The minimum absolute atomic E-state index is 0.0380. The van der Waals surface area contributed by atoms with Crippen LogP contribution in [0, 0.1) is 20.8 Å². The fourth-order valence-corrected chi connectivity index (χ4v) is 2.32. The van der Waals surface area contributed by atoms with E-state index in [0.29, 0.717) is 5.75 Å². The molecule has 0 saturated carbocycles. The number of benzene rings is 1. The smallest absolute Gasteiger partial charge is 0.197 e. The number of hydrogen-bond donors (Lipinski definition) is 1. The number of rotatable bonds is 0. The van der Waals surface area contributed by atoms with Crippen LogP contribution >= 0.6 is 0 Å². The Morgan fingerprint density at radius 2 is 1.62 bits per heavy atom. The Kier molecular flexibility index (Phi) is 2.58. The predicted molar refractivity (Wildman–Crippen MR) is 61.9 cm³/mol. The first-order chi connectivity index (χ1) is 7.43. The SMILES string of the molecule is Cc1c(C)c2c(c(C)c1O)[C@H](C)O[C@@H](C)O2. The maximum absolute atomic E-state index is 10.0. The second-order valence-electron chi connectivity index (χ2n) is 4.43. The van der Waals surface area contributed by atoms with E-state index in [-0.39, 0.29) is 12.4 Å². The molecular formula is C13H18O3. The van der Waals surface area contributed by atoms with Crippen molar-refractivity contribution in [3.63, 3.8) is 0 Å². The lowest BCUT2D eigenvalue weighted by molar-refractivity contribution is -0.123. The largest absolute Gasteiger partial charge is 0.507 e. The van der Waals surface area contributed by atoms with Gasteiger partial charge >= 0.3 is 0 Å². The Morgan fingerprint density at radius 1 is 1.00 bits per heavy atom. The molecule has 0 spiro atoms. The molecule has 0 radical (unpaired) electrons. The summed E-state index contributed by atoms with van der Waals surface area (Å²) >= 11 is 0. The van der Waals surface area contributed by atoms with Crippen LogP contribution in [0.2, 0.25) is 0 Å². The summed E-state index contributed by atoms with van der Waals surface area (Å²) in [7, 11) is 0. The molecule has 3 nitrogen and oxygen atoms in total. The van der Waals surface area contributed by atoms with Gasteiger partial charge in [-0.15, -0.1) is 0 Å². The van der Waals surface area contributed by atoms with Crippen molar-refractivity contribution in [2.45, 2.75) is 47.0 Å². The van der Waals surface area contributed by atoms with Crippen LogP contribution in [0.5, 0.6) is 11.5 Å². The average Bonchev–Trinajstić information content (AvgIpc) is 2.22. The quantitative estimate of drug-likeness (QED) is 0.733. The molecule has 0 bridgehead atoms. The number of hydrogen-bond acceptors (Lipinski definition) is 3. The molecule has 1 N–H and O–H groups in total. The van der Waals surface area contributed by atoms with E-state index in [1.165, 1.54) is 0 Å². The maximum Gasteiger partial charge on any atom is 0.197 e. The van der Waals surface area contributed by atoms with Gasteiger partial charge in [0.1, 0.15) is 11.5 Å². The van der Waals surface area contributed by atoms with Crippen molar-refractivity contribution in [2.24, 2.45) is 0 Å². The fourth-order valence-electron chi connectivity index (χ4n) is 2.32. The Bertz CT molecular complexity index is 438. The van der Waals surface area contributed by atoms with Crippen LogP contribution < -0.4 is 4.74 Å². The molecule has 2 atom stereocenters. The first kappa shape index (κ1) is 11.3. The fraction of sp³-hybridized carbons (Fsp3) is 0.538. The van der Waals surface area contributed by atoms with Crippen LogP contribution in [0.15, 0.2) is 0 Å². The van der Waals surface area contributed by atoms with Crippen molar-refractivity contribution in [1.29, 1.82) is 0 Å². The number of phenolic OH excluding ortho intramolecular Hbond substituents is 1. The Morgan fingerprint density at radius 3 is 2.25 bits per heavy atom. The average molecular weight is 222 g/mol. The van der Waals surface area contributed by atoms with Gasteiger partial charge in [-0.05, 0) is 45.7 Å². The zero-order valence-corrected chi connectivity index (χ0v) is 10.4. The number of ether oxygens (including phenoxy) is 2. The molecule has 88 valence electrons. The van der Waals surface area contributed by atoms with Crippen molar-refractivity contribution >= 4 is 0 Å². The van der Waals surface area contributed by atoms with Gasteiger partial charge in [-0.3, -0.25) is 0 Å². The highest BCUT2D eigenvalue weighted by molar-refractivity contribution is 5.58. The van der Waals surface area contributed by atoms with Crippen LogP contribution in [0.1, 0.15) is 42.2 Å². The third-order valence-electron chi connectivity index (χ3n) is 3.35. The molecule has 0 aliphatic carbocycles. The molecule has 0 amide bonds. The molecule has 0 unspecified atom stereocenters. The Balaban J connectivity index is 2.71. The normalized spacial score (nSPS) is 23.8. The van der Waals surface area contributed by atoms with Crippen LogP contribution in [-0.2, 0) is 4.74 Å². The molecule has 0 aromatic heterocycles. The Labute approximate surface area is 96.0 Å². The van der Waals surface area contributed by atoms with Gasteiger partial charge in [0.2, 0.25) is 0 Å². The van der Waals surface area contributed by atoms with E-state index >= 15 is 0 Å². The highest BCUT2D eigenvalue weighted by atomic mass is 16.7. The minimum Gasteiger partial charge on any atom is -0.507 e. The first-order valence-corrected chi connectivity index (χ1v) is 5.58. The van der Waals surface area contributed by atoms with E-state index in [0.717, 1.165) is 28.0 Å². The highest BCUT2D eigenvalue weighted by Crippen LogP contribution is 2.44. The van der Waals surface area contributed by atoms with E-state index in [1.807, 2.05) is 34.6 Å². The molecule has 3 heteroatoms. The van der Waals surface area contributed by atoms with E-state index < -0.39 is 0 Å². The summed E-state index contributed by atoms with van der Waals surface area (Å²) < 4.78 is 11.3. The van der Waals surface area contributed by atoms with E-state index in [4.69, 9.17) is 9.47 Å². The summed E-state index contributed by atoms with van der Waals surface area (Å²) in [6, 6.07) is 0. The number of phenols is 1.